The second-order valence-corrected chi connectivity index (χ2v) is 6.50. The molecule has 1 aliphatic rings. The molecule has 0 aromatic carbocycles. The highest BCUT2D eigenvalue weighted by Gasteiger charge is 2.30. The molecule has 1 aromatic heterocycles. The highest BCUT2D eigenvalue weighted by atomic mass is 15.2. The van der Waals surface area contributed by atoms with Crippen molar-refractivity contribution in [2.24, 2.45) is 0 Å². The van der Waals surface area contributed by atoms with Gasteiger partial charge in [0.05, 0.1) is 0 Å². The summed E-state index contributed by atoms with van der Waals surface area (Å²) in [5.41, 5.74) is 5.90. The van der Waals surface area contributed by atoms with Crippen LogP contribution in [0.25, 0.3) is 0 Å². The van der Waals surface area contributed by atoms with Gasteiger partial charge in [-0.2, -0.15) is 0 Å². The summed E-state index contributed by atoms with van der Waals surface area (Å²) in [4.78, 5) is 11.6. The van der Waals surface area contributed by atoms with Crippen LogP contribution < -0.4 is 10.6 Å². The maximum absolute atomic E-state index is 5.97. The highest BCUT2D eigenvalue weighted by Crippen LogP contribution is 2.32. The number of hydrogen-bond donors (Lipinski definition) is 1. The van der Waals surface area contributed by atoms with Crippen molar-refractivity contribution in [3.63, 3.8) is 0 Å². The Kier molecular flexibility index (Phi) is 3.97. The average Bonchev–Trinajstić information content (AvgIpc) is 3.12. The Morgan fingerprint density at radius 1 is 1.32 bits per heavy atom. The van der Waals surface area contributed by atoms with Crippen molar-refractivity contribution >= 4 is 11.6 Å². The number of nitrogens with two attached hydrogens (primary N) is 1. The van der Waals surface area contributed by atoms with Crippen LogP contribution in [0.3, 0.4) is 0 Å². The first-order valence-electron chi connectivity index (χ1n) is 7.33. The fourth-order valence-electron chi connectivity index (χ4n) is 2.13. The molecule has 0 atom stereocenters. The van der Waals surface area contributed by atoms with E-state index in [4.69, 9.17) is 10.7 Å². The Hall–Kier alpha value is -1.32. The van der Waals surface area contributed by atoms with Gasteiger partial charge in [0.2, 0.25) is 0 Å². The molecule has 0 saturated heterocycles. The Bertz CT molecular complexity index is 432. The number of unbranched alkanes of at least 4 members (excludes halogenated alkanes) is 1. The molecule has 4 heteroatoms. The van der Waals surface area contributed by atoms with E-state index in [9.17, 15) is 0 Å². The van der Waals surface area contributed by atoms with Gasteiger partial charge in [0.1, 0.15) is 17.5 Å². The van der Waals surface area contributed by atoms with Crippen LogP contribution in [0.1, 0.15) is 59.2 Å². The van der Waals surface area contributed by atoms with Gasteiger partial charge in [0.25, 0.3) is 0 Å². The van der Waals surface area contributed by atoms with Crippen LogP contribution in [0.2, 0.25) is 0 Å². The van der Waals surface area contributed by atoms with Crippen LogP contribution >= 0.6 is 0 Å². The van der Waals surface area contributed by atoms with E-state index in [-0.39, 0.29) is 5.41 Å². The van der Waals surface area contributed by atoms with E-state index >= 15 is 0 Å². The van der Waals surface area contributed by atoms with Crippen LogP contribution in [0, 0.1) is 0 Å². The van der Waals surface area contributed by atoms with Gasteiger partial charge in [0.15, 0.2) is 0 Å². The van der Waals surface area contributed by atoms with Crippen molar-refractivity contribution in [1.29, 1.82) is 0 Å². The lowest BCUT2D eigenvalue weighted by Gasteiger charge is -2.26. The van der Waals surface area contributed by atoms with Crippen molar-refractivity contribution in [2.75, 3.05) is 17.2 Å². The molecular weight excluding hydrogens is 236 g/mol. The molecule has 0 spiro atoms. The normalized spacial score (nSPS) is 15.6. The zero-order valence-corrected chi connectivity index (χ0v) is 12.6. The minimum Gasteiger partial charge on any atom is -0.384 e. The minimum absolute atomic E-state index is 0.0654. The summed E-state index contributed by atoms with van der Waals surface area (Å²) in [6, 6.07) is 2.58. The second-order valence-electron chi connectivity index (χ2n) is 6.50. The first-order chi connectivity index (χ1) is 8.91. The van der Waals surface area contributed by atoms with Crippen molar-refractivity contribution in [3.8, 4) is 0 Å². The molecular formula is C15H26N4. The lowest BCUT2D eigenvalue weighted by Crippen LogP contribution is -2.29. The Balaban J connectivity index is 2.28. The highest BCUT2D eigenvalue weighted by molar-refractivity contribution is 5.49. The van der Waals surface area contributed by atoms with Crippen molar-refractivity contribution in [3.05, 3.63) is 11.9 Å². The summed E-state index contributed by atoms with van der Waals surface area (Å²) in [5, 5.41) is 0. The molecule has 0 bridgehead atoms. The van der Waals surface area contributed by atoms with Gasteiger partial charge in [-0.1, -0.05) is 34.1 Å². The van der Waals surface area contributed by atoms with Crippen LogP contribution in [-0.2, 0) is 5.41 Å². The predicted octanol–water partition coefficient (Wildman–Crippen LogP) is 3.13. The minimum atomic E-state index is -0.0654. The van der Waals surface area contributed by atoms with E-state index in [1.807, 2.05) is 6.07 Å². The number of rotatable bonds is 5. The summed E-state index contributed by atoms with van der Waals surface area (Å²) in [6.07, 6.45) is 4.96. The number of nitrogen functional groups attached to an aromatic ring is 1. The molecule has 1 aromatic rings. The third-order valence-corrected chi connectivity index (χ3v) is 3.44. The molecule has 1 aliphatic carbocycles. The van der Waals surface area contributed by atoms with Gasteiger partial charge < -0.3 is 10.6 Å². The largest absolute Gasteiger partial charge is 0.384 e. The zero-order valence-electron chi connectivity index (χ0n) is 12.6. The molecule has 2 N–H and O–H groups in total. The van der Waals surface area contributed by atoms with Gasteiger partial charge in [0, 0.05) is 24.1 Å². The van der Waals surface area contributed by atoms with Crippen LogP contribution in [0.5, 0.6) is 0 Å². The predicted molar refractivity (Wildman–Crippen MR) is 80.4 cm³/mol. The summed E-state index contributed by atoms with van der Waals surface area (Å²) in [5.74, 6) is 2.43. The molecule has 1 heterocycles. The van der Waals surface area contributed by atoms with Gasteiger partial charge in [-0.25, -0.2) is 9.97 Å². The topological polar surface area (TPSA) is 55.0 Å². The molecule has 1 fully saturated rings. The Labute approximate surface area is 116 Å². The van der Waals surface area contributed by atoms with Crippen LogP contribution in [0.15, 0.2) is 6.07 Å². The summed E-state index contributed by atoms with van der Waals surface area (Å²) in [6.45, 7) is 9.67. The Morgan fingerprint density at radius 3 is 2.53 bits per heavy atom. The first kappa shape index (κ1) is 14.1. The van der Waals surface area contributed by atoms with E-state index in [2.05, 4.69) is 37.6 Å². The second kappa shape index (κ2) is 5.35. The molecule has 1 saturated carbocycles. The maximum atomic E-state index is 5.97. The molecule has 0 unspecified atom stereocenters. The third kappa shape index (κ3) is 3.58. The van der Waals surface area contributed by atoms with Gasteiger partial charge >= 0.3 is 0 Å². The van der Waals surface area contributed by atoms with Gasteiger partial charge in [-0.05, 0) is 19.3 Å². The molecule has 106 valence electrons. The lowest BCUT2D eigenvalue weighted by atomic mass is 9.96. The third-order valence-electron chi connectivity index (χ3n) is 3.44. The Morgan fingerprint density at radius 2 is 2.00 bits per heavy atom. The molecule has 0 amide bonds. The fraction of sp³-hybridized carbons (Fsp3) is 0.733. The van der Waals surface area contributed by atoms with Gasteiger partial charge in [-0.3, -0.25) is 0 Å². The van der Waals surface area contributed by atoms with Crippen LogP contribution in [-0.4, -0.2) is 22.6 Å². The van der Waals surface area contributed by atoms with E-state index in [1.165, 1.54) is 25.7 Å². The summed E-state index contributed by atoms with van der Waals surface area (Å²) < 4.78 is 0. The van der Waals surface area contributed by atoms with Crippen molar-refractivity contribution in [2.45, 2.75) is 64.8 Å². The molecule has 4 nitrogen and oxygen atoms in total. The van der Waals surface area contributed by atoms with Crippen LogP contribution in [0.4, 0.5) is 11.6 Å². The molecule has 2 rings (SSSR count). The number of aromatic nitrogens is 2. The van der Waals surface area contributed by atoms with E-state index < -0.39 is 0 Å². The number of nitrogens with zero attached hydrogens (tertiary/aromatic N) is 3. The monoisotopic (exact) mass is 262 g/mol. The zero-order chi connectivity index (χ0) is 14.0. The summed E-state index contributed by atoms with van der Waals surface area (Å²) in [7, 11) is 0. The van der Waals surface area contributed by atoms with Crippen molar-refractivity contribution in [1.82, 2.24) is 9.97 Å². The SMILES string of the molecule is CCCCN(c1cc(N)nc(C(C)(C)C)n1)C1CC1. The molecule has 0 radical (unpaired) electrons. The quantitative estimate of drug-likeness (QED) is 0.885. The van der Waals surface area contributed by atoms with Crippen molar-refractivity contribution < 1.29 is 0 Å². The van der Waals surface area contributed by atoms with E-state index in [0.29, 0.717) is 11.9 Å². The lowest BCUT2D eigenvalue weighted by molar-refractivity contribution is 0.544. The number of anilines is 2. The smallest absolute Gasteiger partial charge is 0.138 e. The molecule has 0 aliphatic heterocycles. The van der Waals surface area contributed by atoms with E-state index in [0.717, 1.165) is 18.2 Å². The van der Waals surface area contributed by atoms with Gasteiger partial charge in [-0.15, -0.1) is 0 Å². The number of hydrogen-bond acceptors (Lipinski definition) is 4. The summed E-state index contributed by atoms with van der Waals surface area (Å²) >= 11 is 0. The molecule has 19 heavy (non-hydrogen) atoms. The van der Waals surface area contributed by atoms with E-state index in [1.54, 1.807) is 0 Å². The average molecular weight is 262 g/mol. The fourth-order valence-corrected chi connectivity index (χ4v) is 2.13. The first-order valence-corrected chi connectivity index (χ1v) is 7.33. The maximum Gasteiger partial charge on any atom is 0.138 e. The standard InChI is InChI=1S/C15H26N4/c1-5-6-9-19(11-7-8-11)13-10-12(16)17-14(18-13)15(2,3)4/h10-11H,5-9H2,1-4H3,(H2,16,17,18).